The highest BCUT2D eigenvalue weighted by Gasteiger charge is 2.36. The van der Waals surface area contributed by atoms with E-state index >= 15 is 0 Å². The summed E-state index contributed by atoms with van der Waals surface area (Å²) in [6, 6.07) is 7.35. The van der Waals surface area contributed by atoms with Gasteiger partial charge in [-0.05, 0) is 37.8 Å². The van der Waals surface area contributed by atoms with Crippen LogP contribution in [0.2, 0.25) is 0 Å². The first-order chi connectivity index (χ1) is 10.9. The molecule has 23 heavy (non-hydrogen) atoms. The molecule has 0 unspecified atom stereocenters. The number of amides is 3. The Balaban J connectivity index is 2.12. The third-order valence-corrected chi connectivity index (χ3v) is 4.68. The van der Waals surface area contributed by atoms with Crippen LogP contribution in [0.25, 0.3) is 0 Å². The number of hydrogen-bond acceptors (Lipinski definition) is 2. The fourth-order valence-corrected chi connectivity index (χ4v) is 3.53. The van der Waals surface area contributed by atoms with Gasteiger partial charge >= 0.3 is 6.03 Å². The molecule has 0 aromatic heterocycles. The number of carbonyl (C=O) groups excluding carboxylic acids is 2. The highest BCUT2D eigenvalue weighted by Crippen LogP contribution is 2.33. The van der Waals surface area contributed by atoms with E-state index in [2.05, 4.69) is 31.3 Å². The lowest BCUT2D eigenvalue weighted by Gasteiger charge is -2.27. The molecule has 0 radical (unpaired) electrons. The van der Waals surface area contributed by atoms with Gasteiger partial charge in [0.25, 0.3) is 0 Å². The van der Waals surface area contributed by atoms with Crippen LogP contribution >= 0.6 is 0 Å². The summed E-state index contributed by atoms with van der Waals surface area (Å²) in [5, 5.41) is 2.59. The number of carbonyl (C=O) groups is 2. The number of aryl methyl sites for hydroxylation is 1. The average Bonchev–Trinajstić information content (AvgIpc) is 2.88. The number of rotatable bonds is 5. The van der Waals surface area contributed by atoms with E-state index in [0.717, 1.165) is 12.8 Å². The molecule has 0 aliphatic carbocycles. The summed E-state index contributed by atoms with van der Waals surface area (Å²) >= 11 is 0. The fraction of sp³-hybridized carbons (Fsp3) is 0.556. The van der Waals surface area contributed by atoms with Crippen molar-refractivity contribution in [3.05, 3.63) is 35.4 Å². The zero-order chi connectivity index (χ0) is 17.0. The number of nitrogens with one attached hydrogen (secondary N) is 1. The van der Waals surface area contributed by atoms with Crippen molar-refractivity contribution in [2.75, 3.05) is 6.54 Å². The van der Waals surface area contributed by atoms with Crippen molar-refractivity contribution in [3.63, 3.8) is 0 Å². The van der Waals surface area contributed by atoms with Gasteiger partial charge in [-0.25, -0.2) is 4.79 Å². The molecule has 2 rings (SSSR count). The number of nitrogens with zero attached hydrogens (tertiary/aromatic N) is 1. The molecule has 1 fully saturated rings. The summed E-state index contributed by atoms with van der Waals surface area (Å²) in [7, 11) is 0. The summed E-state index contributed by atoms with van der Waals surface area (Å²) < 4.78 is 0. The molecular weight excluding hydrogens is 290 g/mol. The molecule has 1 aromatic carbocycles. The lowest BCUT2D eigenvalue weighted by molar-refractivity contribution is -0.133. The van der Waals surface area contributed by atoms with E-state index in [0.29, 0.717) is 18.9 Å². The van der Waals surface area contributed by atoms with Crippen molar-refractivity contribution < 1.29 is 9.59 Å². The van der Waals surface area contributed by atoms with Gasteiger partial charge in [0, 0.05) is 18.5 Å². The maximum Gasteiger partial charge on any atom is 0.312 e. The zero-order valence-electron chi connectivity index (χ0n) is 14.2. The van der Waals surface area contributed by atoms with Crippen molar-refractivity contribution in [3.8, 4) is 0 Å². The van der Waals surface area contributed by atoms with Crippen molar-refractivity contribution in [2.45, 2.75) is 58.0 Å². The fourth-order valence-electron chi connectivity index (χ4n) is 3.53. The average molecular weight is 317 g/mol. The Hall–Kier alpha value is -2.04. The molecule has 1 heterocycles. The SMILES string of the molecule is CCC[C@@H](NC(N)=O)C(=O)N1C[C@@H](c2ccccc2C)C[C@@H]1C. The van der Waals surface area contributed by atoms with Gasteiger partial charge in [-0.3, -0.25) is 4.79 Å². The van der Waals surface area contributed by atoms with Gasteiger partial charge in [0.05, 0.1) is 0 Å². The zero-order valence-corrected chi connectivity index (χ0v) is 14.2. The van der Waals surface area contributed by atoms with E-state index < -0.39 is 12.1 Å². The minimum Gasteiger partial charge on any atom is -0.352 e. The van der Waals surface area contributed by atoms with Crippen LogP contribution in [0.15, 0.2) is 24.3 Å². The van der Waals surface area contributed by atoms with Gasteiger partial charge in [0.2, 0.25) is 5.91 Å². The molecule has 1 aromatic rings. The van der Waals surface area contributed by atoms with Crippen molar-refractivity contribution >= 4 is 11.9 Å². The number of likely N-dealkylation sites (tertiary alicyclic amines) is 1. The van der Waals surface area contributed by atoms with E-state index in [1.165, 1.54) is 11.1 Å². The highest BCUT2D eigenvalue weighted by atomic mass is 16.2. The molecule has 3 atom stereocenters. The predicted octanol–water partition coefficient (Wildman–Crippen LogP) is 2.54. The lowest BCUT2D eigenvalue weighted by Crippen LogP contribution is -2.51. The molecular formula is C18H27N3O2. The van der Waals surface area contributed by atoms with Crippen LogP contribution < -0.4 is 11.1 Å². The third-order valence-electron chi connectivity index (χ3n) is 4.68. The topological polar surface area (TPSA) is 75.4 Å². The van der Waals surface area contributed by atoms with Gasteiger partial charge in [-0.1, -0.05) is 37.6 Å². The van der Waals surface area contributed by atoms with E-state index in [4.69, 9.17) is 5.73 Å². The van der Waals surface area contributed by atoms with E-state index in [-0.39, 0.29) is 11.9 Å². The van der Waals surface area contributed by atoms with Crippen LogP contribution in [-0.4, -0.2) is 35.5 Å². The predicted molar refractivity (Wildman–Crippen MR) is 91.1 cm³/mol. The van der Waals surface area contributed by atoms with Crippen molar-refractivity contribution in [2.24, 2.45) is 5.73 Å². The Morgan fingerprint density at radius 1 is 1.39 bits per heavy atom. The number of hydrogen-bond donors (Lipinski definition) is 2. The smallest absolute Gasteiger partial charge is 0.312 e. The molecule has 1 aliphatic rings. The molecule has 1 aliphatic heterocycles. The minimum atomic E-state index is -0.640. The Morgan fingerprint density at radius 3 is 2.70 bits per heavy atom. The van der Waals surface area contributed by atoms with E-state index in [1.54, 1.807) is 0 Å². The summed E-state index contributed by atoms with van der Waals surface area (Å²) in [5.41, 5.74) is 7.79. The Morgan fingerprint density at radius 2 is 2.09 bits per heavy atom. The van der Waals surface area contributed by atoms with Crippen LogP contribution in [0.4, 0.5) is 4.79 Å². The molecule has 3 amide bonds. The van der Waals surface area contributed by atoms with Crippen LogP contribution in [0, 0.1) is 6.92 Å². The Labute approximate surface area is 138 Å². The summed E-state index contributed by atoms with van der Waals surface area (Å²) in [6.45, 7) is 6.88. The largest absolute Gasteiger partial charge is 0.352 e. The second-order valence-electron chi connectivity index (χ2n) is 6.48. The van der Waals surface area contributed by atoms with Gasteiger partial charge in [-0.15, -0.1) is 0 Å². The summed E-state index contributed by atoms with van der Waals surface area (Å²) in [5.74, 6) is 0.334. The summed E-state index contributed by atoms with van der Waals surface area (Å²) in [4.78, 5) is 25.9. The molecule has 3 N–H and O–H groups in total. The first-order valence-corrected chi connectivity index (χ1v) is 8.36. The second-order valence-corrected chi connectivity index (χ2v) is 6.48. The molecule has 126 valence electrons. The number of urea groups is 1. The van der Waals surface area contributed by atoms with Crippen LogP contribution in [0.1, 0.15) is 50.2 Å². The first-order valence-electron chi connectivity index (χ1n) is 8.36. The van der Waals surface area contributed by atoms with E-state index in [9.17, 15) is 9.59 Å². The van der Waals surface area contributed by atoms with Crippen LogP contribution in [0.3, 0.4) is 0 Å². The van der Waals surface area contributed by atoms with Crippen LogP contribution in [-0.2, 0) is 4.79 Å². The second kappa shape index (κ2) is 7.49. The maximum atomic E-state index is 12.8. The van der Waals surface area contributed by atoms with Crippen LogP contribution in [0.5, 0.6) is 0 Å². The molecule has 0 bridgehead atoms. The van der Waals surface area contributed by atoms with Gasteiger partial charge in [-0.2, -0.15) is 0 Å². The number of nitrogens with two attached hydrogens (primary N) is 1. The van der Waals surface area contributed by atoms with Gasteiger partial charge in [0.1, 0.15) is 6.04 Å². The normalized spacial score (nSPS) is 22.0. The molecule has 5 nitrogen and oxygen atoms in total. The van der Waals surface area contributed by atoms with Gasteiger partial charge < -0.3 is 16.0 Å². The first kappa shape index (κ1) is 17.3. The number of benzene rings is 1. The van der Waals surface area contributed by atoms with Crippen molar-refractivity contribution in [1.82, 2.24) is 10.2 Å². The molecule has 1 saturated heterocycles. The standard InChI is InChI=1S/C18H27N3O2/c1-4-7-16(20-18(19)23)17(22)21-11-14(10-13(21)3)15-9-6-5-8-12(15)2/h5-6,8-9,13-14,16H,4,7,10-11H2,1-3H3,(H3,19,20,23)/t13-,14-,16+/m0/s1. The molecule has 5 heteroatoms. The lowest BCUT2D eigenvalue weighted by atomic mass is 9.93. The highest BCUT2D eigenvalue weighted by molar-refractivity contribution is 5.87. The minimum absolute atomic E-state index is 0.0192. The van der Waals surface area contributed by atoms with E-state index in [1.807, 2.05) is 24.0 Å². The molecule has 0 spiro atoms. The van der Waals surface area contributed by atoms with Crippen molar-refractivity contribution in [1.29, 1.82) is 0 Å². The Kier molecular flexibility index (Phi) is 5.64. The third kappa shape index (κ3) is 4.03. The maximum absolute atomic E-state index is 12.8. The Bertz CT molecular complexity index is 573. The van der Waals surface area contributed by atoms with Gasteiger partial charge in [0.15, 0.2) is 0 Å². The molecule has 0 saturated carbocycles. The summed E-state index contributed by atoms with van der Waals surface area (Å²) in [6.07, 6.45) is 2.38. The number of primary amides is 1. The monoisotopic (exact) mass is 317 g/mol. The quantitative estimate of drug-likeness (QED) is 0.875.